The number of aromatic nitrogens is 1. The molecule has 0 spiro atoms. The Morgan fingerprint density at radius 1 is 1.41 bits per heavy atom. The van der Waals surface area contributed by atoms with E-state index in [0.717, 1.165) is 19.5 Å². The number of nitrogens with zero attached hydrogens (tertiary/aromatic N) is 1. The summed E-state index contributed by atoms with van der Waals surface area (Å²) in [6.45, 7) is 0. The van der Waals surface area contributed by atoms with Gasteiger partial charge in [0.15, 0.2) is 0 Å². The molecule has 1 rings (SSSR count). The molecule has 0 atom stereocenters. The highest BCUT2D eigenvalue weighted by molar-refractivity contribution is 6.03. The summed E-state index contributed by atoms with van der Waals surface area (Å²) in [5.74, 6) is -1.22. The first-order valence-corrected chi connectivity index (χ1v) is 4.26. The molecule has 92 valence electrons. The van der Waals surface area contributed by atoms with Crippen molar-refractivity contribution in [2.75, 3.05) is 7.11 Å². The second kappa shape index (κ2) is 4.81. The van der Waals surface area contributed by atoms with Gasteiger partial charge < -0.3 is 4.74 Å². The summed E-state index contributed by atoms with van der Waals surface area (Å²) in [5.41, 5.74) is -1.92. The molecule has 1 aromatic heterocycles. The number of carbonyl (C=O) groups excluding carboxylic acids is 2. The van der Waals surface area contributed by atoms with Crippen molar-refractivity contribution in [3.8, 4) is 0 Å². The fourth-order valence-electron chi connectivity index (χ4n) is 1.03. The zero-order chi connectivity index (χ0) is 13.1. The van der Waals surface area contributed by atoms with E-state index in [1.807, 2.05) is 0 Å². The highest BCUT2D eigenvalue weighted by Crippen LogP contribution is 2.31. The Labute approximate surface area is 93.6 Å². The normalized spacial score (nSPS) is 10.8. The number of ether oxygens (including phenoxy) is 1. The smallest absolute Gasteiger partial charge is 0.417 e. The second-order valence-corrected chi connectivity index (χ2v) is 2.86. The van der Waals surface area contributed by atoms with Gasteiger partial charge in [0.1, 0.15) is 0 Å². The van der Waals surface area contributed by atoms with Crippen LogP contribution in [-0.2, 0) is 10.9 Å². The lowest BCUT2D eigenvalue weighted by Gasteiger charge is -2.10. The molecular formula is C9H7F3N2O3. The summed E-state index contributed by atoms with van der Waals surface area (Å²) in [6.07, 6.45) is -4.23. The topological polar surface area (TPSA) is 68.3 Å². The number of amides is 2. The molecule has 0 aliphatic carbocycles. The Hall–Kier alpha value is -2.12. The van der Waals surface area contributed by atoms with Gasteiger partial charge in [-0.15, -0.1) is 0 Å². The summed E-state index contributed by atoms with van der Waals surface area (Å²) < 4.78 is 41.6. The quantitative estimate of drug-likeness (QED) is 0.819. The lowest BCUT2D eigenvalue weighted by molar-refractivity contribution is -0.138. The van der Waals surface area contributed by atoms with E-state index in [1.165, 1.54) is 0 Å². The van der Waals surface area contributed by atoms with Gasteiger partial charge in [0.2, 0.25) is 0 Å². The van der Waals surface area contributed by atoms with E-state index >= 15 is 0 Å². The lowest BCUT2D eigenvalue weighted by atomic mass is 10.1. The number of alkyl carbamates (subject to hydrolysis) is 1. The molecule has 8 heteroatoms. The summed E-state index contributed by atoms with van der Waals surface area (Å²) in [4.78, 5) is 25.4. The molecule has 1 aromatic rings. The van der Waals surface area contributed by atoms with Crippen molar-refractivity contribution in [3.05, 3.63) is 29.6 Å². The number of hydrogen-bond donors (Lipinski definition) is 1. The molecule has 0 unspecified atom stereocenters. The van der Waals surface area contributed by atoms with Crippen LogP contribution in [0.3, 0.4) is 0 Å². The summed E-state index contributed by atoms with van der Waals surface area (Å²) in [5, 5.41) is 1.62. The van der Waals surface area contributed by atoms with Gasteiger partial charge in [0, 0.05) is 12.4 Å². The third kappa shape index (κ3) is 3.16. The maximum atomic E-state index is 12.5. The average molecular weight is 248 g/mol. The lowest BCUT2D eigenvalue weighted by Crippen LogP contribution is -2.32. The van der Waals surface area contributed by atoms with Crippen molar-refractivity contribution < 1.29 is 27.5 Å². The summed E-state index contributed by atoms with van der Waals surface area (Å²) >= 11 is 0. The van der Waals surface area contributed by atoms with Gasteiger partial charge in [-0.05, 0) is 6.07 Å². The van der Waals surface area contributed by atoms with Crippen LogP contribution in [0.25, 0.3) is 0 Å². The maximum absolute atomic E-state index is 12.5. The van der Waals surface area contributed by atoms with Crippen LogP contribution < -0.4 is 5.32 Å². The third-order valence-electron chi connectivity index (χ3n) is 1.77. The molecule has 0 saturated heterocycles. The molecule has 0 aromatic carbocycles. The molecule has 0 saturated carbocycles. The van der Waals surface area contributed by atoms with Gasteiger partial charge in [-0.2, -0.15) is 13.2 Å². The zero-order valence-electron chi connectivity index (χ0n) is 8.54. The van der Waals surface area contributed by atoms with Crippen molar-refractivity contribution in [2.45, 2.75) is 6.18 Å². The van der Waals surface area contributed by atoms with E-state index in [4.69, 9.17) is 0 Å². The number of methoxy groups -OCH3 is 1. The Bertz CT molecular complexity index is 445. The van der Waals surface area contributed by atoms with Gasteiger partial charge in [0.05, 0.1) is 18.2 Å². The van der Waals surface area contributed by atoms with E-state index in [-0.39, 0.29) is 0 Å². The number of alkyl halides is 3. The molecule has 0 fully saturated rings. The van der Waals surface area contributed by atoms with Crippen molar-refractivity contribution in [2.24, 2.45) is 0 Å². The predicted octanol–water partition coefficient (Wildman–Crippen LogP) is 1.60. The van der Waals surface area contributed by atoms with Crippen molar-refractivity contribution in [1.82, 2.24) is 10.3 Å². The zero-order valence-corrected chi connectivity index (χ0v) is 8.54. The van der Waals surface area contributed by atoms with Gasteiger partial charge in [0.25, 0.3) is 5.91 Å². The Morgan fingerprint density at radius 3 is 2.59 bits per heavy atom. The summed E-state index contributed by atoms with van der Waals surface area (Å²) in [6, 6.07) is 0.645. The third-order valence-corrected chi connectivity index (χ3v) is 1.77. The average Bonchev–Trinajstić information content (AvgIpc) is 2.27. The van der Waals surface area contributed by atoms with Crippen molar-refractivity contribution in [3.63, 3.8) is 0 Å². The van der Waals surface area contributed by atoms with Crippen LogP contribution in [0, 0.1) is 0 Å². The van der Waals surface area contributed by atoms with E-state index in [9.17, 15) is 22.8 Å². The van der Waals surface area contributed by atoms with Crippen LogP contribution in [0.2, 0.25) is 0 Å². The van der Waals surface area contributed by atoms with Crippen LogP contribution in [0.4, 0.5) is 18.0 Å². The number of imide groups is 1. The van der Waals surface area contributed by atoms with E-state index in [1.54, 1.807) is 5.32 Å². The van der Waals surface area contributed by atoms with Gasteiger partial charge in [-0.3, -0.25) is 15.1 Å². The maximum Gasteiger partial charge on any atom is 0.417 e. The predicted molar refractivity (Wildman–Crippen MR) is 49.1 cm³/mol. The highest BCUT2D eigenvalue weighted by atomic mass is 19.4. The Morgan fingerprint density at radius 2 is 2.06 bits per heavy atom. The van der Waals surface area contributed by atoms with Crippen molar-refractivity contribution >= 4 is 12.0 Å². The fourth-order valence-corrected chi connectivity index (χ4v) is 1.03. The first kappa shape index (κ1) is 12.9. The molecule has 5 nitrogen and oxygen atoms in total. The molecule has 2 amide bonds. The number of carbonyl (C=O) groups is 2. The number of pyridine rings is 1. The first-order valence-electron chi connectivity index (χ1n) is 4.26. The van der Waals surface area contributed by atoms with Crippen molar-refractivity contribution in [1.29, 1.82) is 0 Å². The molecule has 1 heterocycles. The molecule has 17 heavy (non-hydrogen) atoms. The minimum atomic E-state index is -4.70. The second-order valence-electron chi connectivity index (χ2n) is 2.86. The number of halogens is 3. The fraction of sp³-hybridized carbons (Fsp3) is 0.222. The molecule has 0 aliphatic heterocycles. The SMILES string of the molecule is COC(=O)NC(=O)c1cnccc1C(F)(F)F. The molecule has 1 N–H and O–H groups in total. The molecule has 0 radical (unpaired) electrons. The monoisotopic (exact) mass is 248 g/mol. The standard InChI is InChI=1S/C9H7F3N2O3/c1-17-8(16)14-7(15)5-4-13-3-2-6(5)9(10,11)12/h2-4H,1H3,(H,14,15,16). The van der Waals surface area contributed by atoms with E-state index < -0.39 is 29.3 Å². The largest absolute Gasteiger partial charge is 0.453 e. The van der Waals surface area contributed by atoms with Crippen LogP contribution in [0.15, 0.2) is 18.5 Å². The Balaban J connectivity index is 3.06. The summed E-state index contributed by atoms with van der Waals surface area (Å²) in [7, 11) is 0.983. The molecule has 0 aliphatic rings. The first-order chi connectivity index (χ1) is 7.86. The van der Waals surface area contributed by atoms with Gasteiger partial charge in [-0.1, -0.05) is 0 Å². The van der Waals surface area contributed by atoms with E-state index in [0.29, 0.717) is 6.07 Å². The number of hydrogen-bond acceptors (Lipinski definition) is 4. The van der Waals surface area contributed by atoms with Gasteiger partial charge in [-0.25, -0.2) is 4.79 Å². The van der Waals surface area contributed by atoms with Crippen LogP contribution in [-0.4, -0.2) is 24.1 Å². The molecular weight excluding hydrogens is 241 g/mol. The molecule has 0 bridgehead atoms. The Kier molecular flexibility index (Phi) is 3.66. The van der Waals surface area contributed by atoms with E-state index in [2.05, 4.69) is 9.72 Å². The minimum Gasteiger partial charge on any atom is -0.453 e. The highest BCUT2D eigenvalue weighted by Gasteiger charge is 2.35. The number of nitrogens with one attached hydrogen (secondary N) is 1. The van der Waals surface area contributed by atoms with Gasteiger partial charge >= 0.3 is 12.3 Å². The number of rotatable bonds is 1. The van der Waals surface area contributed by atoms with Crippen LogP contribution in [0.1, 0.15) is 15.9 Å². The van der Waals surface area contributed by atoms with Crippen LogP contribution >= 0.6 is 0 Å². The van der Waals surface area contributed by atoms with Crippen LogP contribution in [0.5, 0.6) is 0 Å². The minimum absolute atomic E-state index is 0.645.